The highest BCUT2D eigenvalue weighted by molar-refractivity contribution is 7.98. The highest BCUT2D eigenvalue weighted by atomic mass is 32.2. The van der Waals surface area contributed by atoms with E-state index in [4.69, 9.17) is 0 Å². The maximum absolute atomic E-state index is 11.2. The number of unbranched alkanes of at least 4 members (excludes halogenated alkanes) is 1. The number of aromatic nitrogens is 4. The molecule has 0 aliphatic heterocycles. The Morgan fingerprint density at radius 1 is 1.59 bits per heavy atom. The van der Waals surface area contributed by atoms with E-state index in [1.54, 1.807) is 11.8 Å². The molecule has 7 heteroatoms. The van der Waals surface area contributed by atoms with E-state index >= 15 is 0 Å². The van der Waals surface area contributed by atoms with Crippen LogP contribution in [0.2, 0.25) is 0 Å². The lowest BCUT2D eigenvalue weighted by Crippen LogP contribution is -2.23. The predicted molar refractivity (Wildman–Crippen MR) is 66.1 cm³/mol. The molecule has 1 heterocycles. The van der Waals surface area contributed by atoms with Crippen molar-refractivity contribution in [3.63, 3.8) is 0 Å². The molecule has 0 bridgehead atoms. The average Bonchev–Trinajstić information content (AvgIpc) is 2.75. The Balaban J connectivity index is 2.78. The van der Waals surface area contributed by atoms with Gasteiger partial charge in [0, 0.05) is 6.42 Å². The van der Waals surface area contributed by atoms with Gasteiger partial charge in [-0.05, 0) is 35.3 Å². The van der Waals surface area contributed by atoms with Crippen LogP contribution in [-0.2, 0) is 11.2 Å². The van der Waals surface area contributed by atoms with Gasteiger partial charge in [-0.25, -0.2) is 9.48 Å². The molecular weight excluding hydrogens is 240 g/mol. The number of thioether (sulfide) groups is 1. The second-order valence-corrected chi connectivity index (χ2v) is 4.76. The van der Waals surface area contributed by atoms with E-state index in [9.17, 15) is 9.90 Å². The first-order chi connectivity index (χ1) is 8.20. The van der Waals surface area contributed by atoms with Gasteiger partial charge in [0.2, 0.25) is 0 Å². The Hall–Kier alpha value is -1.11. The van der Waals surface area contributed by atoms with Crippen molar-refractivity contribution in [2.45, 2.75) is 38.6 Å². The van der Waals surface area contributed by atoms with Crippen LogP contribution in [-0.4, -0.2) is 43.3 Å². The highest BCUT2D eigenvalue weighted by Crippen LogP contribution is 2.15. The van der Waals surface area contributed by atoms with Crippen LogP contribution in [0.3, 0.4) is 0 Å². The second-order valence-electron chi connectivity index (χ2n) is 3.78. The monoisotopic (exact) mass is 258 g/mol. The van der Waals surface area contributed by atoms with Crippen LogP contribution >= 0.6 is 11.8 Å². The Morgan fingerprint density at radius 3 is 2.94 bits per heavy atom. The van der Waals surface area contributed by atoms with Crippen LogP contribution in [0.1, 0.15) is 38.1 Å². The SMILES string of the molecule is CCCCc1nnnn1C(CCSC)C(=O)O. The van der Waals surface area contributed by atoms with Crippen LogP contribution in [0, 0.1) is 0 Å². The van der Waals surface area contributed by atoms with Crippen molar-refractivity contribution in [1.29, 1.82) is 0 Å². The van der Waals surface area contributed by atoms with Crippen LogP contribution < -0.4 is 0 Å². The molecule has 1 aromatic heterocycles. The van der Waals surface area contributed by atoms with Crippen molar-refractivity contribution in [2.24, 2.45) is 0 Å². The summed E-state index contributed by atoms with van der Waals surface area (Å²) in [7, 11) is 0. The molecule has 1 aromatic rings. The third-order valence-electron chi connectivity index (χ3n) is 2.49. The molecule has 0 saturated heterocycles. The quantitative estimate of drug-likeness (QED) is 0.759. The molecule has 1 rings (SSSR count). The van der Waals surface area contributed by atoms with Crippen molar-refractivity contribution in [3.05, 3.63) is 5.82 Å². The molecule has 0 aromatic carbocycles. The number of tetrazole rings is 1. The largest absolute Gasteiger partial charge is 0.480 e. The molecular formula is C10H18N4O2S. The number of carbonyl (C=O) groups is 1. The zero-order chi connectivity index (χ0) is 12.7. The van der Waals surface area contributed by atoms with Crippen molar-refractivity contribution < 1.29 is 9.90 Å². The summed E-state index contributed by atoms with van der Waals surface area (Å²) in [5.74, 6) is 0.578. The maximum atomic E-state index is 11.2. The minimum absolute atomic E-state index is 0.542. The first kappa shape index (κ1) is 14.0. The van der Waals surface area contributed by atoms with Crippen LogP contribution in [0.25, 0.3) is 0 Å². The fourth-order valence-corrected chi connectivity index (χ4v) is 1.99. The van der Waals surface area contributed by atoms with E-state index < -0.39 is 12.0 Å². The van der Waals surface area contributed by atoms with E-state index in [2.05, 4.69) is 22.4 Å². The Labute approximate surface area is 105 Å². The molecule has 1 unspecified atom stereocenters. The molecule has 96 valence electrons. The lowest BCUT2D eigenvalue weighted by atomic mass is 10.2. The normalized spacial score (nSPS) is 12.6. The summed E-state index contributed by atoms with van der Waals surface area (Å²) in [5.41, 5.74) is 0. The molecule has 1 atom stereocenters. The van der Waals surface area contributed by atoms with E-state index in [1.807, 2.05) is 6.26 Å². The van der Waals surface area contributed by atoms with Crippen molar-refractivity contribution in [1.82, 2.24) is 20.2 Å². The van der Waals surface area contributed by atoms with Gasteiger partial charge < -0.3 is 5.11 Å². The molecule has 0 fully saturated rings. The highest BCUT2D eigenvalue weighted by Gasteiger charge is 2.23. The second kappa shape index (κ2) is 7.26. The third kappa shape index (κ3) is 3.99. The van der Waals surface area contributed by atoms with Gasteiger partial charge >= 0.3 is 5.97 Å². The predicted octanol–water partition coefficient (Wildman–Crippen LogP) is 1.39. The van der Waals surface area contributed by atoms with Gasteiger partial charge in [0.15, 0.2) is 11.9 Å². The minimum atomic E-state index is -0.871. The lowest BCUT2D eigenvalue weighted by Gasteiger charge is -2.13. The van der Waals surface area contributed by atoms with Crippen LogP contribution in [0.15, 0.2) is 0 Å². The molecule has 0 aliphatic rings. The molecule has 0 spiro atoms. The number of carboxylic acids is 1. The molecule has 17 heavy (non-hydrogen) atoms. The van der Waals surface area contributed by atoms with E-state index in [0.717, 1.165) is 25.0 Å². The topological polar surface area (TPSA) is 80.9 Å². The number of hydrogen-bond donors (Lipinski definition) is 1. The third-order valence-corrected chi connectivity index (χ3v) is 3.13. The summed E-state index contributed by atoms with van der Waals surface area (Å²) in [4.78, 5) is 11.2. The smallest absolute Gasteiger partial charge is 0.328 e. The van der Waals surface area contributed by atoms with Gasteiger partial charge in [-0.2, -0.15) is 11.8 Å². The molecule has 0 aliphatic carbocycles. The maximum Gasteiger partial charge on any atom is 0.328 e. The summed E-state index contributed by atoms with van der Waals surface area (Å²) < 4.78 is 1.45. The van der Waals surface area contributed by atoms with Gasteiger partial charge in [0.25, 0.3) is 0 Å². The number of aliphatic carboxylic acids is 1. The number of hydrogen-bond acceptors (Lipinski definition) is 5. The number of rotatable bonds is 8. The zero-order valence-corrected chi connectivity index (χ0v) is 11.0. The molecule has 0 saturated carbocycles. The van der Waals surface area contributed by atoms with Gasteiger partial charge in [-0.1, -0.05) is 13.3 Å². The van der Waals surface area contributed by atoms with Gasteiger partial charge in [-0.3, -0.25) is 0 Å². The fourth-order valence-electron chi connectivity index (χ4n) is 1.53. The number of aryl methyl sites for hydroxylation is 1. The number of nitrogens with zero attached hydrogens (tertiary/aromatic N) is 4. The van der Waals surface area contributed by atoms with Gasteiger partial charge in [-0.15, -0.1) is 5.10 Å². The van der Waals surface area contributed by atoms with Crippen molar-refractivity contribution in [2.75, 3.05) is 12.0 Å². The minimum Gasteiger partial charge on any atom is -0.480 e. The zero-order valence-electron chi connectivity index (χ0n) is 10.2. The summed E-state index contributed by atoms with van der Waals surface area (Å²) in [6, 6.07) is -0.649. The Kier molecular flexibility index (Phi) is 5.96. The molecule has 0 radical (unpaired) electrons. The Bertz CT molecular complexity index is 356. The van der Waals surface area contributed by atoms with Crippen molar-refractivity contribution >= 4 is 17.7 Å². The summed E-state index contributed by atoms with van der Waals surface area (Å²) >= 11 is 1.62. The fraction of sp³-hybridized carbons (Fsp3) is 0.800. The molecule has 6 nitrogen and oxygen atoms in total. The standard InChI is InChI=1S/C10H18N4O2S/c1-3-4-5-9-11-12-13-14(9)8(10(15)16)6-7-17-2/h8H,3-7H2,1-2H3,(H,15,16). The van der Waals surface area contributed by atoms with Gasteiger partial charge in [0.05, 0.1) is 0 Å². The van der Waals surface area contributed by atoms with Crippen molar-refractivity contribution in [3.8, 4) is 0 Å². The molecule has 1 N–H and O–H groups in total. The first-order valence-corrected chi connectivity index (χ1v) is 7.08. The first-order valence-electron chi connectivity index (χ1n) is 5.69. The van der Waals surface area contributed by atoms with Crippen LogP contribution in [0.4, 0.5) is 0 Å². The average molecular weight is 258 g/mol. The number of carboxylic acid groups (broad SMARTS) is 1. The molecule has 0 amide bonds. The van der Waals surface area contributed by atoms with E-state index in [0.29, 0.717) is 12.2 Å². The summed E-state index contributed by atoms with van der Waals surface area (Å²) in [6.07, 6.45) is 5.23. The summed E-state index contributed by atoms with van der Waals surface area (Å²) in [6.45, 7) is 2.08. The summed E-state index contributed by atoms with van der Waals surface area (Å²) in [5, 5.41) is 20.5. The van der Waals surface area contributed by atoms with E-state index in [-0.39, 0.29) is 0 Å². The lowest BCUT2D eigenvalue weighted by molar-refractivity contribution is -0.141. The van der Waals surface area contributed by atoms with E-state index in [1.165, 1.54) is 4.68 Å². The Morgan fingerprint density at radius 2 is 2.35 bits per heavy atom. The van der Waals surface area contributed by atoms with Crippen LogP contribution in [0.5, 0.6) is 0 Å². The van der Waals surface area contributed by atoms with Gasteiger partial charge in [0.1, 0.15) is 0 Å².